The number of amides is 1. The van der Waals surface area contributed by atoms with Crippen molar-refractivity contribution in [2.75, 3.05) is 20.2 Å². The number of rotatable bonds is 6. The first-order chi connectivity index (χ1) is 12.9. The van der Waals surface area contributed by atoms with Crippen LogP contribution in [-0.4, -0.2) is 51.7 Å². The quantitative estimate of drug-likeness (QED) is 0.592. The predicted octanol–water partition coefficient (Wildman–Crippen LogP) is 1.55. The Balaban J connectivity index is 2.07. The highest BCUT2D eigenvalue weighted by molar-refractivity contribution is 7.80. The molecule has 1 aromatic carbocycles. The summed E-state index contributed by atoms with van der Waals surface area (Å²) in [6.45, 7) is 2.30. The molecule has 1 unspecified atom stereocenters. The molecular weight excluding hydrogens is 368 g/mol. The highest BCUT2D eigenvalue weighted by Gasteiger charge is 2.39. The lowest BCUT2D eigenvalue weighted by molar-refractivity contribution is 0.0513. The monoisotopic (exact) mass is 388 g/mol. The number of nitrogens with zero attached hydrogens (tertiary/aromatic N) is 3. The van der Waals surface area contributed by atoms with E-state index in [9.17, 15) is 9.59 Å². The highest BCUT2D eigenvalue weighted by atomic mass is 32.1. The molecule has 3 rings (SSSR count). The third kappa shape index (κ3) is 3.63. The fourth-order valence-electron chi connectivity index (χ4n) is 2.85. The lowest BCUT2D eigenvalue weighted by Crippen LogP contribution is -2.45. The Bertz CT molecular complexity index is 881. The maximum atomic E-state index is 12.8. The van der Waals surface area contributed by atoms with Crippen molar-refractivity contribution in [3.05, 3.63) is 47.3 Å². The molecule has 0 saturated heterocycles. The van der Waals surface area contributed by atoms with Crippen molar-refractivity contribution in [1.82, 2.24) is 14.7 Å². The van der Waals surface area contributed by atoms with E-state index in [2.05, 4.69) is 5.10 Å². The van der Waals surface area contributed by atoms with E-state index in [4.69, 9.17) is 27.4 Å². The summed E-state index contributed by atoms with van der Waals surface area (Å²) in [5.74, 6) is -0.914. The van der Waals surface area contributed by atoms with Crippen molar-refractivity contribution >= 4 is 29.1 Å². The van der Waals surface area contributed by atoms with E-state index in [0.717, 1.165) is 5.56 Å². The molecule has 8 nitrogen and oxygen atoms in total. The first-order valence-electron chi connectivity index (χ1n) is 8.45. The van der Waals surface area contributed by atoms with Crippen LogP contribution in [0.2, 0.25) is 0 Å². The number of likely N-dealkylation sites (N-methyl/N-ethyl adjacent to an activating group) is 1. The number of nitrogens with two attached hydrogens (primary N) is 1. The number of thiocarbonyl (C=S) groups is 1. The molecule has 1 amide bonds. The first kappa shape index (κ1) is 18.8. The number of carbonyl (C=O) groups excluding carboxylic acids is 2. The number of hydrogen-bond donors (Lipinski definition) is 1. The molecule has 1 aromatic heterocycles. The van der Waals surface area contributed by atoms with Crippen molar-refractivity contribution in [2.24, 2.45) is 5.73 Å². The summed E-state index contributed by atoms with van der Waals surface area (Å²) in [6, 6.07) is 8.87. The van der Waals surface area contributed by atoms with Crippen LogP contribution in [0.5, 0.6) is 5.75 Å². The molecule has 27 heavy (non-hydrogen) atoms. The predicted molar refractivity (Wildman–Crippen MR) is 102 cm³/mol. The third-order valence-electron chi connectivity index (χ3n) is 4.18. The lowest BCUT2D eigenvalue weighted by atomic mass is 10.1. The van der Waals surface area contributed by atoms with Gasteiger partial charge in [0.1, 0.15) is 12.6 Å². The summed E-state index contributed by atoms with van der Waals surface area (Å²) in [5.41, 5.74) is 6.79. The number of hydrogen-bond acceptors (Lipinski definition) is 6. The van der Waals surface area contributed by atoms with Crippen LogP contribution in [0.15, 0.2) is 30.3 Å². The summed E-state index contributed by atoms with van der Waals surface area (Å²) >= 11 is 5.12. The van der Waals surface area contributed by atoms with Gasteiger partial charge in [0.25, 0.3) is 5.91 Å². The molecule has 0 fully saturated rings. The summed E-state index contributed by atoms with van der Waals surface area (Å²) in [5, 5.41) is 4.27. The van der Waals surface area contributed by atoms with Gasteiger partial charge in [0.15, 0.2) is 11.4 Å². The van der Waals surface area contributed by atoms with E-state index < -0.39 is 12.0 Å². The molecule has 2 aromatic rings. The van der Waals surface area contributed by atoms with Gasteiger partial charge in [-0.15, -0.1) is 0 Å². The molecule has 1 aliphatic heterocycles. The van der Waals surface area contributed by atoms with Gasteiger partial charge in [-0.25, -0.2) is 9.48 Å². The Morgan fingerprint density at radius 3 is 2.70 bits per heavy atom. The Morgan fingerprint density at radius 2 is 2.07 bits per heavy atom. The van der Waals surface area contributed by atoms with Crippen LogP contribution in [0.3, 0.4) is 0 Å². The fraction of sp³-hybridized carbons (Fsp3) is 0.333. The van der Waals surface area contributed by atoms with E-state index in [-0.39, 0.29) is 47.8 Å². The normalized spacial score (nSPS) is 16.0. The van der Waals surface area contributed by atoms with Gasteiger partial charge in [-0.2, -0.15) is 5.10 Å². The molecule has 0 aliphatic carbocycles. The Kier molecular flexibility index (Phi) is 5.41. The zero-order chi connectivity index (χ0) is 19.6. The minimum absolute atomic E-state index is 0.0623. The Labute approximate surface area is 161 Å². The van der Waals surface area contributed by atoms with Gasteiger partial charge in [-0.1, -0.05) is 42.5 Å². The standard InChI is InChI=1S/C18H20N4O4S/c1-3-25-18(24)13-15(26-10-11-7-5-4-6-8-11)14-17(23)21(2)9-12(16(19)27)22(14)20-13/h4-8,12H,3,9-10H2,1-2H3,(H2,19,27). The van der Waals surface area contributed by atoms with Crippen molar-refractivity contribution in [1.29, 1.82) is 0 Å². The van der Waals surface area contributed by atoms with Crippen LogP contribution >= 0.6 is 12.2 Å². The van der Waals surface area contributed by atoms with Gasteiger partial charge in [0.2, 0.25) is 5.69 Å². The van der Waals surface area contributed by atoms with E-state index in [1.807, 2.05) is 30.3 Å². The molecule has 2 heterocycles. The van der Waals surface area contributed by atoms with Gasteiger partial charge in [-0.05, 0) is 12.5 Å². The molecule has 0 radical (unpaired) electrons. The first-order valence-corrected chi connectivity index (χ1v) is 8.86. The fourth-order valence-corrected chi connectivity index (χ4v) is 3.02. The maximum absolute atomic E-state index is 12.8. The Morgan fingerprint density at radius 1 is 1.37 bits per heavy atom. The number of esters is 1. The van der Waals surface area contributed by atoms with Crippen molar-refractivity contribution in [3.63, 3.8) is 0 Å². The van der Waals surface area contributed by atoms with E-state index in [0.29, 0.717) is 0 Å². The van der Waals surface area contributed by atoms with Crippen LogP contribution in [0.4, 0.5) is 0 Å². The van der Waals surface area contributed by atoms with E-state index >= 15 is 0 Å². The topological polar surface area (TPSA) is 99.7 Å². The maximum Gasteiger partial charge on any atom is 0.362 e. The van der Waals surface area contributed by atoms with Crippen molar-refractivity contribution in [2.45, 2.75) is 19.6 Å². The smallest absolute Gasteiger partial charge is 0.362 e. The number of fused-ring (bicyclic) bond motifs is 1. The van der Waals surface area contributed by atoms with Crippen molar-refractivity contribution in [3.8, 4) is 5.75 Å². The van der Waals surface area contributed by atoms with Gasteiger partial charge < -0.3 is 20.1 Å². The van der Waals surface area contributed by atoms with E-state index in [1.165, 1.54) is 9.58 Å². The number of carbonyl (C=O) groups is 2. The number of benzene rings is 1. The van der Waals surface area contributed by atoms with Gasteiger partial charge in [0, 0.05) is 13.6 Å². The molecule has 1 atom stereocenters. The number of ether oxygens (including phenoxy) is 2. The van der Waals surface area contributed by atoms with Crippen LogP contribution in [0, 0.1) is 0 Å². The molecule has 142 valence electrons. The zero-order valence-electron chi connectivity index (χ0n) is 15.0. The summed E-state index contributed by atoms with van der Waals surface area (Å²) < 4.78 is 12.3. The van der Waals surface area contributed by atoms with Crippen LogP contribution in [-0.2, 0) is 11.3 Å². The van der Waals surface area contributed by atoms with Gasteiger partial charge in [0.05, 0.1) is 11.6 Å². The van der Waals surface area contributed by atoms with Crippen LogP contribution < -0.4 is 10.5 Å². The van der Waals surface area contributed by atoms with Crippen LogP contribution in [0.1, 0.15) is 39.5 Å². The molecular formula is C18H20N4O4S. The summed E-state index contributed by atoms with van der Waals surface area (Å²) in [4.78, 5) is 26.8. The third-order valence-corrected chi connectivity index (χ3v) is 4.45. The molecule has 1 aliphatic rings. The van der Waals surface area contributed by atoms with Crippen molar-refractivity contribution < 1.29 is 19.1 Å². The molecule has 0 saturated carbocycles. The second kappa shape index (κ2) is 7.75. The minimum atomic E-state index is -0.667. The molecule has 2 N–H and O–H groups in total. The summed E-state index contributed by atoms with van der Waals surface area (Å²) in [7, 11) is 1.63. The highest BCUT2D eigenvalue weighted by Crippen LogP contribution is 2.32. The molecule has 0 spiro atoms. The average molecular weight is 388 g/mol. The van der Waals surface area contributed by atoms with E-state index in [1.54, 1.807) is 14.0 Å². The number of aromatic nitrogens is 2. The molecule has 9 heteroatoms. The Hall–Kier alpha value is -2.94. The largest absolute Gasteiger partial charge is 0.484 e. The average Bonchev–Trinajstić information content (AvgIpc) is 3.03. The lowest BCUT2D eigenvalue weighted by Gasteiger charge is -2.30. The minimum Gasteiger partial charge on any atom is -0.484 e. The molecule has 0 bridgehead atoms. The second-order valence-electron chi connectivity index (χ2n) is 6.07. The zero-order valence-corrected chi connectivity index (χ0v) is 15.9. The second-order valence-corrected chi connectivity index (χ2v) is 6.54. The van der Waals surface area contributed by atoms with Gasteiger partial charge >= 0.3 is 5.97 Å². The summed E-state index contributed by atoms with van der Waals surface area (Å²) in [6.07, 6.45) is 0. The SMILES string of the molecule is CCOC(=O)c1nn2c(c1OCc1ccccc1)C(=O)N(C)CC2C(N)=S. The van der Waals surface area contributed by atoms with Crippen LogP contribution in [0.25, 0.3) is 0 Å². The van der Waals surface area contributed by atoms with Gasteiger partial charge in [-0.3, -0.25) is 4.79 Å².